The third-order valence-electron chi connectivity index (χ3n) is 10.2. The van der Waals surface area contributed by atoms with Gasteiger partial charge in [0.1, 0.15) is 0 Å². The molecule has 0 aliphatic rings. The smallest absolute Gasteiger partial charge is 0.164 e. The van der Waals surface area contributed by atoms with Crippen LogP contribution in [0.5, 0.6) is 0 Å². The Morgan fingerprint density at radius 2 is 0.909 bits per heavy atom. The van der Waals surface area contributed by atoms with Crippen molar-refractivity contribution in [2.45, 2.75) is 0 Å². The zero-order chi connectivity index (χ0) is 36.6. The van der Waals surface area contributed by atoms with Gasteiger partial charge in [-0.2, -0.15) is 0 Å². The van der Waals surface area contributed by atoms with Gasteiger partial charge in [0.15, 0.2) is 17.5 Å². The van der Waals surface area contributed by atoms with Gasteiger partial charge in [0.2, 0.25) is 0 Å². The first-order valence-electron chi connectivity index (χ1n) is 18.4. The van der Waals surface area contributed by atoms with E-state index in [2.05, 4.69) is 173 Å². The molecule has 0 saturated heterocycles. The Balaban J connectivity index is 1.12. The zero-order valence-corrected chi connectivity index (χ0v) is 29.8. The van der Waals surface area contributed by atoms with Crippen LogP contribution in [0.1, 0.15) is 0 Å². The molecule has 0 spiro atoms. The molecule has 5 heteroatoms. The molecule has 0 amide bonds. The van der Waals surface area contributed by atoms with Crippen LogP contribution in [0.4, 0.5) is 0 Å². The highest BCUT2D eigenvalue weighted by Gasteiger charge is 2.18. The quantitative estimate of drug-likeness (QED) is 0.166. The van der Waals surface area contributed by atoms with Crippen LogP contribution >= 0.6 is 0 Å². The molecule has 5 nitrogen and oxygen atoms in total. The molecular weight excluding hydrogens is 671 g/mol. The van der Waals surface area contributed by atoms with E-state index in [1.807, 2.05) is 30.5 Å². The summed E-state index contributed by atoms with van der Waals surface area (Å²) in [6, 6.07) is 65.5. The fourth-order valence-electron chi connectivity index (χ4n) is 7.59. The summed E-state index contributed by atoms with van der Waals surface area (Å²) in [5.41, 5.74) is 12.8. The maximum absolute atomic E-state index is 5.16. The number of benzene rings is 7. The molecule has 0 atom stereocenters. The molecule has 0 saturated carbocycles. The van der Waals surface area contributed by atoms with Gasteiger partial charge in [-0.3, -0.25) is 4.98 Å². The molecule has 0 aliphatic heterocycles. The van der Waals surface area contributed by atoms with Gasteiger partial charge in [-0.05, 0) is 64.2 Å². The van der Waals surface area contributed by atoms with Crippen molar-refractivity contribution in [1.29, 1.82) is 0 Å². The van der Waals surface area contributed by atoms with Gasteiger partial charge in [0.25, 0.3) is 0 Å². The van der Waals surface area contributed by atoms with Crippen molar-refractivity contribution in [3.05, 3.63) is 200 Å². The average Bonchev–Trinajstić information content (AvgIpc) is 3.62. The minimum absolute atomic E-state index is 0.608. The highest BCUT2D eigenvalue weighted by Crippen LogP contribution is 2.39. The van der Waals surface area contributed by atoms with E-state index in [4.69, 9.17) is 15.0 Å². The molecule has 258 valence electrons. The molecule has 7 aromatic carbocycles. The molecule has 10 aromatic rings. The Labute approximate surface area is 318 Å². The largest absolute Gasteiger partial charge is 0.309 e. The van der Waals surface area contributed by atoms with Crippen molar-refractivity contribution in [2.75, 3.05) is 0 Å². The summed E-state index contributed by atoms with van der Waals surface area (Å²) in [6.45, 7) is 0. The van der Waals surface area contributed by atoms with Crippen LogP contribution in [0.25, 0.3) is 95.0 Å². The van der Waals surface area contributed by atoms with E-state index >= 15 is 0 Å². The van der Waals surface area contributed by atoms with Gasteiger partial charge in [-0.15, -0.1) is 0 Å². The molecule has 0 radical (unpaired) electrons. The predicted molar refractivity (Wildman–Crippen MR) is 225 cm³/mol. The molecule has 55 heavy (non-hydrogen) atoms. The Bertz CT molecular complexity index is 2950. The number of nitrogens with zero attached hydrogens (tertiary/aromatic N) is 5. The van der Waals surface area contributed by atoms with Gasteiger partial charge in [0, 0.05) is 51.1 Å². The summed E-state index contributed by atoms with van der Waals surface area (Å²) in [4.78, 5) is 19.8. The first-order valence-corrected chi connectivity index (χ1v) is 18.4. The maximum atomic E-state index is 5.16. The van der Waals surface area contributed by atoms with Crippen molar-refractivity contribution in [2.24, 2.45) is 0 Å². The number of para-hydroxylation sites is 2. The Morgan fingerprint density at radius 1 is 0.345 bits per heavy atom. The molecule has 0 unspecified atom stereocenters. The van der Waals surface area contributed by atoms with Crippen molar-refractivity contribution < 1.29 is 0 Å². The minimum Gasteiger partial charge on any atom is -0.309 e. The first-order chi connectivity index (χ1) is 27.3. The second-order valence-corrected chi connectivity index (χ2v) is 13.5. The van der Waals surface area contributed by atoms with Crippen molar-refractivity contribution in [3.8, 4) is 73.2 Å². The lowest BCUT2D eigenvalue weighted by Crippen LogP contribution is -2.01. The fraction of sp³-hybridized carbons (Fsp3) is 0. The molecule has 0 aliphatic carbocycles. The lowest BCUT2D eigenvalue weighted by Gasteiger charge is -2.13. The molecule has 0 bridgehead atoms. The Hall–Kier alpha value is -7.50. The summed E-state index contributed by atoms with van der Waals surface area (Å²) in [7, 11) is 0. The van der Waals surface area contributed by atoms with Crippen LogP contribution in [0.3, 0.4) is 0 Å². The van der Waals surface area contributed by atoms with E-state index in [9.17, 15) is 0 Å². The number of hydrogen-bond donors (Lipinski definition) is 0. The second kappa shape index (κ2) is 13.8. The third-order valence-corrected chi connectivity index (χ3v) is 10.2. The van der Waals surface area contributed by atoms with Crippen LogP contribution in [0, 0.1) is 0 Å². The SMILES string of the molecule is c1ccc(-c2ccccc2-c2nc(-c3ccc(-c4cccc5c4c4ccccc4n5-c4ccccc4)cc3)nc(-c3cccc(-c4cccnc4)c3)n2)cc1. The van der Waals surface area contributed by atoms with Gasteiger partial charge < -0.3 is 4.57 Å². The van der Waals surface area contributed by atoms with Crippen molar-refractivity contribution in [3.63, 3.8) is 0 Å². The van der Waals surface area contributed by atoms with E-state index in [1.165, 1.54) is 27.4 Å². The lowest BCUT2D eigenvalue weighted by molar-refractivity contribution is 1.07. The molecule has 10 rings (SSSR count). The summed E-state index contributed by atoms with van der Waals surface area (Å²) < 4.78 is 2.35. The van der Waals surface area contributed by atoms with Crippen LogP contribution in [0.15, 0.2) is 200 Å². The molecular formula is C50H33N5. The van der Waals surface area contributed by atoms with Gasteiger partial charge in [-0.25, -0.2) is 15.0 Å². The van der Waals surface area contributed by atoms with E-state index in [0.29, 0.717) is 17.5 Å². The number of pyridine rings is 1. The molecule has 0 N–H and O–H groups in total. The number of rotatable bonds is 7. The van der Waals surface area contributed by atoms with Gasteiger partial charge in [0.05, 0.1) is 11.0 Å². The van der Waals surface area contributed by atoms with E-state index in [0.717, 1.165) is 50.2 Å². The number of fused-ring (bicyclic) bond motifs is 3. The highest BCUT2D eigenvalue weighted by molar-refractivity contribution is 6.15. The summed E-state index contributed by atoms with van der Waals surface area (Å²) >= 11 is 0. The highest BCUT2D eigenvalue weighted by atomic mass is 15.0. The molecule has 3 aromatic heterocycles. The van der Waals surface area contributed by atoms with E-state index in [-0.39, 0.29) is 0 Å². The number of hydrogen-bond acceptors (Lipinski definition) is 4. The summed E-state index contributed by atoms with van der Waals surface area (Å²) in [5, 5.41) is 2.45. The normalized spacial score (nSPS) is 11.3. The monoisotopic (exact) mass is 703 g/mol. The predicted octanol–water partition coefficient (Wildman–Crippen LogP) is 12.4. The molecule has 3 heterocycles. The lowest BCUT2D eigenvalue weighted by atomic mass is 9.98. The van der Waals surface area contributed by atoms with E-state index in [1.54, 1.807) is 6.20 Å². The Morgan fingerprint density at radius 3 is 1.71 bits per heavy atom. The van der Waals surface area contributed by atoms with Gasteiger partial charge in [-0.1, -0.05) is 152 Å². The van der Waals surface area contributed by atoms with Crippen molar-refractivity contribution >= 4 is 21.8 Å². The first kappa shape index (κ1) is 32.2. The summed E-state index contributed by atoms with van der Waals surface area (Å²) in [6.07, 6.45) is 3.66. The van der Waals surface area contributed by atoms with Gasteiger partial charge >= 0.3 is 0 Å². The zero-order valence-electron chi connectivity index (χ0n) is 29.8. The summed E-state index contributed by atoms with van der Waals surface area (Å²) in [5.74, 6) is 1.84. The van der Waals surface area contributed by atoms with E-state index < -0.39 is 0 Å². The van der Waals surface area contributed by atoms with Crippen LogP contribution in [-0.4, -0.2) is 24.5 Å². The second-order valence-electron chi connectivity index (χ2n) is 13.5. The Kier molecular flexibility index (Phi) is 8.08. The third kappa shape index (κ3) is 5.94. The van der Waals surface area contributed by atoms with Crippen molar-refractivity contribution in [1.82, 2.24) is 24.5 Å². The average molecular weight is 704 g/mol. The topological polar surface area (TPSA) is 56.5 Å². The number of aromatic nitrogens is 5. The fourth-order valence-corrected chi connectivity index (χ4v) is 7.59. The molecule has 0 fully saturated rings. The maximum Gasteiger partial charge on any atom is 0.164 e. The van der Waals surface area contributed by atoms with Crippen LogP contribution < -0.4 is 0 Å². The standard InChI is InChI=1S/C50H33N5/c1-3-14-34(15-4-1)41-21-7-8-22-43(41)50-53-48(52-49(54-50)38-17-11-16-37(32-38)39-18-13-31-51-33-39)36-29-27-35(28-30-36)42-24-12-26-46-47(42)44-23-9-10-25-45(44)55(46)40-19-5-2-6-20-40/h1-33H. The minimum atomic E-state index is 0.608. The van der Waals surface area contributed by atoms with Crippen LogP contribution in [-0.2, 0) is 0 Å². The van der Waals surface area contributed by atoms with Crippen LogP contribution in [0.2, 0.25) is 0 Å².